The van der Waals surface area contributed by atoms with Gasteiger partial charge in [-0.25, -0.2) is 9.59 Å². The molecule has 0 saturated heterocycles. The van der Waals surface area contributed by atoms with Crippen LogP contribution in [0.3, 0.4) is 0 Å². The maximum Gasteiger partial charge on any atom is 0.337 e. The highest BCUT2D eigenvalue weighted by molar-refractivity contribution is 5.96. The first kappa shape index (κ1) is 23.0. The van der Waals surface area contributed by atoms with Gasteiger partial charge in [-0.1, -0.05) is 42.5 Å². The van der Waals surface area contributed by atoms with Crippen LogP contribution in [0.5, 0.6) is 5.75 Å². The van der Waals surface area contributed by atoms with E-state index in [0.29, 0.717) is 16.8 Å². The first-order chi connectivity index (χ1) is 14.8. The molecule has 1 amide bonds. The molecule has 0 aliphatic heterocycles. The number of carboxylic acid groups (broad SMARTS) is 2. The summed E-state index contributed by atoms with van der Waals surface area (Å²) in [4.78, 5) is 33.6. The monoisotopic (exact) mass is 422 g/mol. The van der Waals surface area contributed by atoms with E-state index in [0.717, 1.165) is 0 Å². The molecular formula is C23H22N2O6. The van der Waals surface area contributed by atoms with Gasteiger partial charge in [0.1, 0.15) is 11.8 Å². The van der Waals surface area contributed by atoms with Crippen molar-refractivity contribution in [1.82, 2.24) is 5.32 Å². The van der Waals surface area contributed by atoms with E-state index in [4.69, 9.17) is 10.8 Å². The van der Waals surface area contributed by atoms with E-state index in [9.17, 15) is 24.6 Å². The summed E-state index contributed by atoms with van der Waals surface area (Å²) in [7, 11) is 0. The number of phenols is 1. The number of aromatic carboxylic acids is 1. The smallest absolute Gasteiger partial charge is 0.337 e. The number of rotatable bonds is 6. The lowest BCUT2D eigenvalue weighted by Gasteiger charge is -2.14. The van der Waals surface area contributed by atoms with Crippen LogP contribution in [-0.4, -0.2) is 39.2 Å². The van der Waals surface area contributed by atoms with E-state index in [1.807, 2.05) is 0 Å². The lowest BCUT2D eigenvalue weighted by atomic mass is 10.1. The van der Waals surface area contributed by atoms with Crippen molar-refractivity contribution in [2.45, 2.75) is 12.5 Å². The van der Waals surface area contributed by atoms with E-state index in [2.05, 4.69) is 5.32 Å². The lowest BCUT2D eigenvalue weighted by molar-refractivity contribution is -0.139. The average molecular weight is 422 g/mol. The SMILES string of the molecule is Nc1ccccc1C(=O)O.O=C(NC(Cc1ccc(O)cc1)C(=O)O)c1ccccc1. The van der Waals surface area contributed by atoms with Gasteiger partial charge >= 0.3 is 11.9 Å². The quantitative estimate of drug-likeness (QED) is 0.383. The standard InChI is InChI=1S/C16H15NO4.C7H7NO2/c18-13-8-6-11(7-9-13)10-14(16(20)21)17-15(19)12-4-2-1-3-5-12;8-6-4-2-1-3-5(6)7(9)10/h1-9,14,18H,10H2,(H,17,19)(H,20,21);1-4H,8H2,(H,9,10). The van der Waals surface area contributed by atoms with Gasteiger partial charge in [0.2, 0.25) is 0 Å². The molecule has 6 N–H and O–H groups in total. The van der Waals surface area contributed by atoms with Gasteiger partial charge in [0.05, 0.1) is 5.56 Å². The maximum atomic E-state index is 12.0. The third-order valence-electron chi connectivity index (χ3n) is 4.21. The summed E-state index contributed by atoms with van der Waals surface area (Å²) >= 11 is 0. The Kier molecular flexibility index (Phi) is 8.15. The number of amides is 1. The van der Waals surface area contributed by atoms with E-state index in [1.165, 1.54) is 18.2 Å². The summed E-state index contributed by atoms with van der Waals surface area (Å²) in [5, 5.41) is 29.4. The van der Waals surface area contributed by atoms with Crippen molar-refractivity contribution in [3.63, 3.8) is 0 Å². The summed E-state index contributed by atoms with van der Waals surface area (Å²) in [6, 6.07) is 20.0. The van der Waals surface area contributed by atoms with Gasteiger partial charge in [0.25, 0.3) is 5.91 Å². The molecule has 1 atom stereocenters. The second kappa shape index (κ2) is 11.0. The Morgan fingerprint density at radius 3 is 1.94 bits per heavy atom. The number of phenolic OH excluding ortho intramolecular Hbond substituents is 1. The highest BCUT2D eigenvalue weighted by atomic mass is 16.4. The summed E-state index contributed by atoms with van der Waals surface area (Å²) in [6.45, 7) is 0. The number of carbonyl (C=O) groups is 3. The van der Waals surface area contributed by atoms with E-state index >= 15 is 0 Å². The van der Waals surface area contributed by atoms with Gasteiger partial charge in [0.15, 0.2) is 0 Å². The van der Waals surface area contributed by atoms with Gasteiger partial charge in [-0.05, 0) is 42.0 Å². The Balaban J connectivity index is 0.000000285. The summed E-state index contributed by atoms with van der Waals surface area (Å²) in [5.74, 6) is -2.41. The van der Waals surface area contributed by atoms with Crippen LogP contribution in [0.4, 0.5) is 5.69 Å². The number of hydrogen-bond acceptors (Lipinski definition) is 5. The van der Waals surface area contributed by atoms with E-state index < -0.39 is 23.9 Å². The third-order valence-corrected chi connectivity index (χ3v) is 4.21. The molecule has 0 aliphatic rings. The van der Waals surface area contributed by atoms with Gasteiger partial charge in [-0.2, -0.15) is 0 Å². The van der Waals surface area contributed by atoms with Crippen LogP contribution in [0.1, 0.15) is 26.3 Å². The van der Waals surface area contributed by atoms with Crippen LogP contribution >= 0.6 is 0 Å². The van der Waals surface area contributed by atoms with Crippen molar-refractivity contribution in [2.24, 2.45) is 0 Å². The topological polar surface area (TPSA) is 150 Å². The normalized spacial score (nSPS) is 10.8. The van der Waals surface area contributed by atoms with E-state index in [-0.39, 0.29) is 17.7 Å². The molecule has 0 bridgehead atoms. The number of nitrogens with one attached hydrogen (secondary N) is 1. The lowest BCUT2D eigenvalue weighted by Crippen LogP contribution is -2.42. The molecule has 8 nitrogen and oxygen atoms in total. The molecular weight excluding hydrogens is 400 g/mol. The number of carbonyl (C=O) groups excluding carboxylic acids is 1. The fraction of sp³-hybridized carbons (Fsp3) is 0.0870. The molecule has 160 valence electrons. The maximum absolute atomic E-state index is 12.0. The molecule has 0 aromatic heterocycles. The molecule has 31 heavy (non-hydrogen) atoms. The number of nitrogen functional groups attached to an aromatic ring is 1. The number of para-hydroxylation sites is 1. The van der Waals surface area contributed by atoms with Crippen LogP contribution in [0.15, 0.2) is 78.9 Å². The van der Waals surface area contributed by atoms with Crippen molar-refractivity contribution < 1.29 is 29.7 Å². The number of aliphatic carboxylic acids is 1. The number of carboxylic acids is 2. The minimum absolute atomic E-state index is 0.110. The van der Waals surface area contributed by atoms with Crippen LogP contribution in [0.2, 0.25) is 0 Å². The first-order valence-corrected chi connectivity index (χ1v) is 9.22. The van der Waals surface area contributed by atoms with Crippen molar-refractivity contribution in [2.75, 3.05) is 5.73 Å². The van der Waals surface area contributed by atoms with Crippen LogP contribution < -0.4 is 11.1 Å². The van der Waals surface area contributed by atoms with Crippen LogP contribution in [0, 0.1) is 0 Å². The molecule has 3 aromatic carbocycles. The second-order valence-corrected chi connectivity index (χ2v) is 6.49. The molecule has 3 aromatic rings. The zero-order chi connectivity index (χ0) is 22.8. The zero-order valence-electron chi connectivity index (χ0n) is 16.4. The summed E-state index contributed by atoms with van der Waals surface area (Å²) < 4.78 is 0. The number of anilines is 1. The van der Waals surface area contributed by atoms with Gasteiger partial charge in [-0.3, -0.25) is 4.79 Å². The van der Waals surface area contributed by atoms with Crippen molar-refractivity contribution in [3.05, 3.63) is 95.6 Å². The molecule has 0 radical (unpaired) electrons. The molecule has 0 saturated carbocycles. The van der Waals surface area contributed by atoms with Crippen molar-refractivity contribution in [3.8, 4) is 5.75 Å². The molecule has 1 unspecified atom stereocenters. The van der Waals surface area contributed by atoms with Gasteiger partial charge < -0.3 is 26.4 Å². The number of aromatic hydroxyl groups is 1. The Morgan fingerprint density at radius 1 is 0.839 bits per heavy atom. The number of hydrogen-bond donors (Lipinski definition) is 5. The fourth-order valence-electron chi connectivity index (χ4n) is 2.59. The zero-order valence-corrected chi connectivity index (χ0v) is 16.4. The predicted molar refractivity (Wildman–Crippen MR) is 115 cm³/mol. The molecule has 8 heteroatoms. The highest BCUT2D eigenvalue weighted by Gasteiger charge is 2.21. The van der Waals surface area contributed by atoms with Crippen LogP contribution in [0.25, 0.3) is 0 Å². The summed E-state index contributed by atoms with van der Waals surface area (Å²) in [6.07, 6.45) is 0.147. The third kappa shape index (κ3) is 7.21. The highest BCUT2D eigenvalue weighted by Crippen LogP contribution is 2.12. The minimum Gasteiger partial charge on any atom is -0.508 e. The Bertz CT molecular complexity index is 1040. The van der Waals surface area contributed by atoms with Crippen LogP contribution in [-0.2, 0) is 11.2 Å². The van der Waals surface area contributed by atoms with Gasteiger partial charge in [-0.15, -0.1) is 0 Å². The Morgan fingerprint density at radius 2 is 1.42 bits per heavy atom. The number of benzene rings is 3. The number of nitrogens with two attached hydrogens (primary N) is 1. The largest absolute Gasteiger partial charge is 0.508 e. The minimum atomic E-state index is -1.10. The molecule has 3 rings (SSSR count). The molecule has 0 heterocycles. The molecule has 0 fully saturated rings. The first-order valence-electron chi connectivity index (χ1n) is 9.22. The van der Waals surface area contributed by atoms with Gasteiger partial charge in [0, 0.05) is 17.7 Å². The van der Waals surface area contributed by atoms with E-state index in [1.54, 1.807) is 60.7 Å². The molecule has 0 spiro atoms. The average Bonchev–Trinajstić information content (AvgIpc) is 2.76. The Hall–Kier alpha value is -4.33. The predicted octanol–water partition coefficient (Wildman–Crippen LogP) is 2.78. The second-order valence-electron chi connectivity index (χ2n) is 6.49. The molecule has 0 aliphatic carbocycles. The van der Waals surface area contributed by atoms with Crippen molar-refractivity contribution in [1.29, 1.82) is 0 Å². The Labute approximate surface area is 178 Å². The summed E-state index contributed by atoms with van der Waals surface area (Å²) in [5.41, 5.74) is 6.92. The fourth-order valence-corrected chi connectivity index (χ4v) is 2.59. The van der Waals surface area contributed by atoms with Crippen molar-refractivity contribution >= 4 is 23.5 Å².